The summed E-state index contributed by atoms with van der Waals surface area (Å²) in [5.41, 5.74) is 3.04. The first-order chi connectivity index (χ1) is 13.5. The summed E-state index contributed by atoms with van der Waals surface area (Å²) >= 11 is 0. The molecule has 1 aromatic heterocycles. The lowest BCUT2D eigenvalue weighted by Crippen LogP contribution is -2.32. The van der Waals surface area contributed by atoms with Crippen LogP contribution in [0.15, 0.2) is 41.3 Å². The van der Waals surface area contributed by atoms with Gasteiger partial charge in [0.2, 0.25) is 10.0 Å². The third-order valence-electron chi connectivity index (χ3n) is 5.98. The van der Waals surface area contributed by atoms with Gasteiger partial charge in [-0.25, -0.2) is 13.4 Å². The molecule has 1 atom stereocenters. The van der Waals surface area contributed by atoms with E-state index in [0.717, 1.165) is 48.6 Å². The minimum Gasteiger partial charge on any atom is -0.357 e. The molecule has 2 saturated heterocycles. The van der Waals surface area contributed by atoms with E-state index in [1.54, 1.807) is 16.4 Å². The highest BCUT2D eigenvalue weighted by atomic mass is 32.2. The maximum Gasteiger partial charge on any atom is 0.243 e. The van der Waals surface area contributed by atoms with Gasteiger partial charge in [-0.2, -0.15) is 4.31 Å². The average Bonchev–Trinajstić information content (AvgIpc) is 3.19. The molecule has 0 radical (unpaired) electrons. The van der Waals surface area contributed by atoms with E-state index in [9.17, 15) is 8.42 Å². The van der Waals surface area contributed by atoms with Crippen molar-refractivity contribution in [3.05, 3.63) is 53.2 Å². The average molecular weight is 400 g/mol. The fourth-order valence-electron chi connectivity index (χ4n) is 4.39. The maximum absolute atomic E-state index is 13.3. The molecular weight excluding hydrogens is 370 g/mol. The molecule has 4 rings (SSSR count). The molecular formula is C22H29N3O2S. The van der Waals surface area contributed by atoms with Gasteiger partial charge in [0.25, 0.3) is 0 Å². The van der Waals surface area contributed by atoms with Crippen LogP contribution in [0.25, 0.3) is 0 Å². The van der Waals surface area contributed by atoms with Crippen molar-refractivity contribution in [2.45, 2.75) is 56.9 Å². The van der Waals surface area contributed by atoms with E-state index in [1.165, 1.54) is 19.3 Å². The molecule has 0 N–H and O–H groups in total. The summed E-state index contributed by atoms with van der Waals surface area (Å²) in [7, 11) is -3.50. The fraction of sp³-hybridized carbons (Fsp3) is 0.500. The van der Waals surface area contributed by atoms with E-state index in [4.69, 9.17) is 4.98 Å². The summed E-state index contributed by atoms with van der Waals surface area (Å²) in [5.74, 6) is 1.02. The quantitative estimate of drug-likeness (QED) is 0.773. The molecule has 5 nitrogen and oxygen atoms in total. The van der Waals surface area contributed by atoms with E-state index in [1.807, 2.05) is 26.0 Å². The molecule has 28 heavy (non-hydrogen) atoms. The van der Waals surface area contributed by atoms with Crippen LogP contribution in [0.5, 0.6) is 0 Å². The van der Waals surface area contributed by atoms with E-state index < -0.39 is 10.0 Å². The number of hydrogen-bond donors (Lipinski definition) is 0. The van der Waals surface area contributed by atoms with Gasteiger partial charge in [0.05, 0.1) is 10.9 Å². The molecule has 0 aliphatic carbocycles. The van der Waals surface area contributed by atoms with Gasteiger partial charge >= 0.3 is 0 Å². The van der Waals surface area contributed by atoms with Crippen LogP contribution < -0.4 is 4.90 Å². The smallest absolute Gasteiger partial charge is 0.243 e. The Morgan fingerprint density at radius 2 is 1.61 bits per heavy atom. The maximum atomic E-state index is 13.3. The van der Waals surface area contributed by atoms with Crippen molar-refractivity contribution in [3.8, 4) is 0 Å². The highest BCUT2D eigenvalue weighted by Gasteiger charge is 2.37. The number of rotatable bonds is 4. The fourth-order valence-corrected chi connectivity index (χ4v) is 6.07. The minimum absolute atomic E-state index is 0.130. The molecule has 2 aliphatic heterocycles. The van der Waals surface area contributed by atoms with Gasteiger partial charge in [0.1, 0.15) is 5.82 Å². The summed E-state index contributed by atoms with van der Waals surface area (Å²) in [4.78, 5) is 7.57. The van der Waals surface area contributed by atoms with Crippen molar-refractivity contribution in [1.29, 1.82) is 0 Å². The Bertz CT molecular complexity index is 935. The molecule has 2 aliphatic rings. The third kappa shape index (κ3) is 3.67. The zero-order valence-corrected chi connectivity index (χ0v) is 17.6. The normalized spacial score (nSPS) is 21.2. The van der Waals surface area contributed by atoms with E-state index >= 15 is 0 Å². The van der Waals surface area contributed by atoms with Gasteiger partial charge in [-0.05, 0) is 69.7 Å². The van der Waals surface area contributed by atoms with Crippen molar-refractivity contribution in [1.82, 2.24) is 9.29 Å². The predicted molar refractivity (Wildman–Crippen MR) is 112 cm³/mol. The van der Waals surface area contributed by atoms with E-state index in [2.05, 4.69) is 17.0 Å². The monoisotopic (exact) mass is 399 g/mol. The molecule has 6 heteroatoms. The van der Waals surface area contributed by atoms with E-state index in [-0.39, 0.29) is 6.04 Å². The molecule has 150 valence electrons. The number of hydrogen-bond acceptors (Lipinski definition) is 4. The molecule has 0 bridgehead atoms. The molecule has 0 amide bonds. The molecule has 2 fully saturated rings. The van der Waals surface area contributed by atoms with Crippen LogP contribution in [-0.4, -0.2) is 37.3 Å². The van der Waals surface area contributed by atoms with Crippen molar-refractivity contribution in [2.24, 2.45) is 0 Å². The highest BCUT2D eigenvalue weighted by molar-refractivity contribution is 7.89. The van der Waals surface area contributed by atoms with Crippen molar-refractivity contribution >= 4 is 15.8 Å². The summed E-state index contributed by atoms with van der Waals surface area (Å²) in [6.07, 6.45) is 5.45. The first kappa shape index (κ1) is 19.4. The Labute approximate surface area is 168 Å². The number of sulfonamides is 1. The summed E-state index contributed by atoms with van der Waals surface area (Å²) in [6, 6.07) is 11.2. The topological polar surface area (TPSA) is 53.5 Å². The van der Waals surface area contributed by atoms with Crippen LogP contribution in [0, 0.1) is 13.8 Å². The molecule has 2 aromatic rings. The van der Waals surface area contributed by atoms with Gasteiger partial charge in [-0.1, -0.05) is 23.8 Å². The minimum atomic E-state index is -3.50. The largest absolute Gasteiger partial charge is 0.357 e. The van der Waals surface area contributed by atoms with Gasteiger partial charge in [0.15, 0.2) is 0 Å². The summed E-state index contributed by atoms with van der Waals surface area (Å²) in [5, 5.41) is 0. The lowest BCUT2D eigenvalue weighted by Gasteiger charge is -2.29. The van der Waals surface area contributed by atoms with Gasteiger partial charge in [-0.15, -0.1) is 0 Å². The predicted octanol–water partition coefficient (Wildman–Crippen LogP) is 4.21. The molecule has 0 unspecified atom stereocenters. The van der Waals surface area contributed by atoms with Gasteiger partial charge in [-0.3, -0.25) is 0 Å². The zero-order valence-electron chi connectivity index (χ0n) is 16.8. The zero-order chi connectivity index (χ0) is 19.7. The summed E-state index contributed by atoms with van der Waals surface area (Å²) < 4.78 is 28.2. The van der Waals surface area contributed by atoms with Crippen LogP contribution >= 0.6 is 0 Å². The number of piperidine rings is 1. The SMILES string of the molecule is Cc1ccc(S(=O)(=O)N2CCC[C@@H]2c2ccc(N3CCCCC3)nc2C)cc1. The van der Waals surface area contributed by atoms with Crippen LogP contribution in [0.2, 0.25) is 0 Å². The second-order valence-electron chi connectivity index (χ2n) is 7.98. The van der Waals surface area contributed by atoms with E-state index in [0.29, 0.717) is 11.4 Å². The van der Waals surface area contributed by atoms with Gasteiger partial charge < -0.3 is 4.90 Å². The number of aryl methyl sites for hydroxylation is 2. The molecule has 1 aromatic carbocycles. The van der Waals surface area contributed by atoms with Crippen molar-refractivity contribution in [3.63, 3.8) is 0 Å². The number of pyridine rings is 1. The Morgan fingerprint density at radius 3 is 2.29 bits per heavy atom. The van der Waals surface area contributed by atoms with Gasteiger partial charge in [0, 0.05) is 25.3 Å². The first-order valence-electron chi connectivity index (χ1n) is 10.3. The van der Waals surface area contributed by atoms with Crippen LogP contribution in [0.3, 0.4) is 0 Å². The lowest BCUT2D eigenvalue weighted by molar-refractivity contribution is 0.395. The second-order valence-corrected chi connectivity index (χ2v) is 9.87. The van der Waals surface area contributed by atoms with Crippen molar-refractivity contribution in [2.75, 3.05) is 24.5 Å². The highest BCUT2D eigenvalue weighted by Crippen LogP contribution is 2.38. The Morgan fingerprint density at radius 1 is 0.893 bits per heavy atom. The summed E-state index contributed by atoms with van der Waals surface area (Å²) in [6.45, 7) is 6.66. The molecule has 0 spiro atoms. The number of benzene rings is 1. The van der Waals surface area contributed by atoms with Crippen LogP contribution in [0.4, 0.5) is 5.82 Å². The molecule has 3 heterocycles. The third-order valence-corrected chi connectivity index (χ3v) is 7.90. The Kier molecular flexibility index (Phi) is 5.43. The first-order valence-corrected chi connectivity index (χ1v) is 11.7. The standard InChI is InChI=1S/C22H29N3O2S/c1-17-8-10-19(11-9-17)28(26,27)25-16-6-7-21(25)20-12-13-22(23-18(20)2)24-14-4-3-5-15-24/h8-13,21H,3-7,14-16H2,1-2H3/t21-/m1/s1. The Balaban J connectivity index is 1.62. The number of aromatic nitrogens is 1. The lowest BCUT2D eigenvalue weighted by atomic mass is 10.0. The Hall–Kier alpha value is -1.92. The van der Waals surface area contributed by atoms with Crippen LogP contribution in [-0.2, 0) is 10.0 Å². The second kappa shape index (κ2) is 7.84. The number of anilines is 1. The van der Waals surface area contributed by atoms with Crippen molar-refractivity contribution < 1.29 is 8.42 Å². The molecule has 0 saturated carbocycles. The van der Waals surface area contributed by atoms with Crippen LogP contribution in [0.1, 0.15) is 55.0 Å². The number of nitrogens with zero attached hydrogens (tertiary/aromatic N) is 3.